The first kappa shape index (κ1) is 6.15. The molecule has 0 aliphatic heterocycles. The molecule has 0 aromatic carbocycles. The van der Waals surface area contributed by atoms with Crippen molar-refractivity contribution >= 4 is 7.60 Å². The summed E-state index contributed by atoms with van der Waals surface area (Å²) in [6.45, 7) is 1.45. The van der Waals surface area contributed by atoms with E-state index in [1.165, 1.54) is 6.92 Å². The summed E-state index contributed by atoms with van der Waals surface area (Å²) in [5.74, 6) is 0. The molecule has 0 aliphatic carbocycles. The van der Waals surface area contributed by atoms with Crippen LogP contribution in [0.2, 0.25) is 0 Å². The van der Waals surface area contributed by atoms with E-state index in [9.17, 15) is 4.57 Å². The highest BCUT2D eigenvalue weighted by Crippen LogP contribution is 2.32. The Hall–Kier alpha value is 0.150. The van der Waals surface area contributed by atoms with Crippen LogP contribution in [0.15, 0.2) is 0 Å². The summed E-state index contributed by atoms with van der Waals surface area (Å²) < 4.78 is 9.69. The van der Waals surface area contributed by atoms with Crippen LogP contribution in [0.1, 0.15) is 6.92 Å². The quantitative estimate of drug-likeness (QED) is 0.375. The Morgan fingerprint density at radius 3 is 1.83 bits per heavy atom. The molecule has 3 nitrogen and oxygen atoms in total. The number of hydrogen-bond acceptors (Lipinski definition) is 1. The zero-order valence-electron chi connectivity index (χ0n) is 3.46. The second-order valence-electron chi connectivity index (χ2n) is 0.981. The maximum Gasteiger partial charge on any atom is 0.325 e. The smallest absolute Gasteiger partial charge is 0.324 e. The van der Waals surface area contributed by atoms with Crippen molar-refractivity contribution in [2.75, 3.05) is 6.16 Å². The standard InChI is InChI=1S/C2H7O3P/c1-2-6(3,4)5/h2H2,1H3,(H2,3,4,5)/i1+1. The second kappa shape index (κ2) is 1.73. The zero-order chi connectivity index (χ0) is 5.21. The van der Waals surface area contributed by atoms with Crippen molar-refractivity contribution in [2.45, 2.75) is 6.92 Å². The fourth-order valence-corrected chi connectivity index (χ4v) is 0. The van der Waals surface area contributed by atoms with Crippen LogP contribution >= 0.6 is 7.60 Å². The molecule has 0 spiro atoms. The van der Waals surface area contributed by atoms with Crippen LogP contribution in [0.4, 0.5) is 0 Å². The minimum atomic E-state index is -3.65. The third kappa shape index (κ3) is 4.15. The molecule has 0 radical (unpaired) electrons. The highest BCUT2D eigenvalue weighted by molar-refractivity contribution is 7.51. The summed E-state index contributed by atoms with van der Waals surface area (Å²) in [5, 5.41) is 0. The molecule has 0 aromatic heterocycles. The van der Waals surface area contributed by atoms with Crippen LogP contribution in [-0.4, -0.2) is 15.9 Å². The normalized spacial score (nSPS) is 11.8. The highest BCUT2D eigenvalue weighted by atomic mass is 31.2. The average molecular weight is 111 g/mol. The lowest BCUT2D eigenvalue weighted by Gasteiger charge is -1.92. The largest absolute Gasteiger partial charge is 0.325 e. The van der Waals surface area contributed by atoms with Crippen LogP contribution in [-0.2, 0) is 4.57 Å². The zero-order valence-corrected chi connectivity index (χ0v) is 4.35. The molecule has 6 heavy (non-hydrogen) atoms. The SMILES string of the molecule is [13CH3]CP(=O)(O)O. The minimum Gasteiger partial charge on any atom is -0.324 e. The van der Waals surface area contributed by atoms with Crippen LogP contribution < -0.4 is 0 Å². The fourth-order valence-electron chi connectivity index (χ4n) is 0. The summed E-state index contributed by atoms with van der Waals surface area (Å²) in [6, 6.07) is 0. The van der Waals surface area contributed by atoms with Gasteiger partial charge in [-0.3, -0.25) is 4.57 Å². The van der Waals surface area contributed by atoms with Gasteiger partial charge in [0.05, 0.1) is 0 Å². The van der Waals surface area contributed by atoms with Gasteiger partial charge in [-0.2, -0.15) is 0 Å². The van der Waals surface area contributed by atoms with Gasteiger partial charge in [0.2, 0.25) is 0 Å². The van der Waals surface area contributed by atoms with E-state index in [1.54, 1.807) is 0 Å². The van der Waals surface area contributed by atoms with Crippen molar-refractivity contribution < 1.29 is 14.4 Å². The van der Waals surface area contributed by atoms with Crippen LogP contribution in [0.5, 0.6) is 0 Å². The summed E-state index contributed by atoms with van der Waals surface area (Å²) in [5.41, 5.74) is 0. The molecule has 0 heterocycles. The summed E-state index contributed by atoms with van der Waals surface area (Å²) in [4.78, 5) is 15.9. The molecule has 0 saturated heterocycles. The molecule has 0 unspecified atom stereocenters. The van der Waals surface area contributed by atoms with Crippen molar-refractivity contribution in [3.63, 3.8) is 0 Å². The molecule has 2 N–H and O–H groups in total. The van der Waals surface area contributed by atoms with E-state index in [0.717, 1.165) is 0 Å². The van der Waals surface area contributed by atoms with E-state index in [0.29, 0.717) is 0 Å². The Bertz CT molecular complexity index is 72.9. The first-order valence-electron chi connectivity index (χ1n) is 1.61. The molecule has 0 amide bonds. The van der Waals surface area contributed by atoms with Gasteiger partial charge >= 0.3 is 7.60 Å². The van der Waals surface area contributed by atoms with Gasteiger partial charge in [-0.15, -0.1) is 0 Å². The summed E-state index contributed by atoms with van der Waals surface area (Å²) >= 11 is 0. The van der Waals surface area contributed by atoms with Crippen molar-refractivity contribution in [2.24, 2.45) is 0 Å². The Morgan fingerprint density at radius 1 is 1.67 bits per heavy atom. The molecular formula is C2H7O3P. The minimum absolute atomic E-state index is 0.0625. The Morgan fingerprint density at radius 2 is 1.83 bits per heavy atom. The Balaban J connectivity index is 3.48. The first-order chi connectivity index (χ1) is 2.56. The maximum absolute atomic E-state index is 9.69. The second-order valence-corrected chi connectivity index (χ2v) is 2.94. The van der Waals surface area contributed by atoms with Gasteiger partial charge in [0.15, 0.2) is 0 Å². The molecule has 0 saturated carbocycles. The van der Waals surface area contributed by atoms with Gasteiger partial charge in [0.1, 0.15) is 0 Å². The molecule has 38 valence electrons. The molecule has 0 aliphatic rings. The molecule has 0 atom stereocenters. The van der Waals surface area contributed by atoms with Gasteiger partial charge in [-0.25, -0.2) is 0 Å². The lowest BCUT2D eigenvalue weighted by Crippen LogP contribution is -1.76. The van der Waals surface area contributed by atoms with Crippen molar-refractivity contribution in [1.29, 1.82) is 0 Å². The molecular weight excluding hydrogens is 104 g/mol. The molecule has 0 rings (SSSR count). The third-order valence-electron chi connectivity index (χ3n) is 0.412. The van der Waals surface area contributed by atoms with E-state index >= 15 is 0 Å². The predicted octanol–water partition coefficient (Wildman–Crippen LogP) is 0.184. The van der Waals surface area contributed by atoms with Gasteiger partial charge in [-0.05, 0) is 0 Å². The molecule has 0 fully saturated rings. The Labute approximate surface area is 36.2 Å². The maximum atomic E-state index is 9.69. The summed E-state index contributed by atoms with van der Waals surface area (Å²) in [6.07, 6.45) is -0.0625. The molecule has 0 bridgehead atoms. The van der Waals surface area contributed by atoms with Crippen LogP contribution in [0, 0.1) is 0 Å². The van der Waals surface area contributed by atoms with Crippen molar-refractivity contribution in [1.82, 2.24) is 0 Å². The lowest BCUT2D eigenvalue weighted by atomic mass is 11.4. The third-order valence-corrected chi connectivity index (χ3v) is 1.24. The van der Waals surface area contributed by atoms with E-state index in [2.05, 4.69) is 0 Å². The Kier molecular flexibility index (Phi) is 1.78. The first-order valence-corrected chi connectivity index (χ1v) is 3.40. The van der Waals surface area contributed by atoms with Gasteiger partial charge in [-0.1, -0.05) is 6.92 Å². The predicted molar refractivity (Wildman–Crippen MR) is 22.6 cm³/mol. The lowest BCUT2D eigenvalue weighted by molar-refractivity contribution is 0.375. The van der Waals surface area contributed by atoms with Crippen molar-refractivity contribution in [3.8, 4) is 0 Å². The van der Waals surface area contributed by atoms with Crippen molar-refractivity contribution in [3.05, 3.63) is 0 Å². The highest BCUT2D eigenvalue weighted by Gasteiger charge is 2.05. The molecule has 0 aromatic rings. The monoisotopic (exact) mass is 111 g/mol. The van der Waals surface area contributed by atoms with Crippen LogP contribution in [0.3, 0.4) is 0 Å². The van der Waals surface area contributed by atoms with Gasteiger partial charge in [0.25, 0.3) is 0 Å². The topological polar surface area (TPSA) is 57.5 Å². The van der Waals surface area contributed by atoms with E-state index < -0.39 is 7.60 Å². The van der Waals surface area contributed by atoms with E-state index in [-0.39, 0.29) is 6.16 Å². The summed E-state index contributed by atoms with van der Waals surface area (Å²) in [7, 11) is -3.65. The van der Waals surface area contributed by atoms with Gasteiger partial charge < -0.3 is 9.79 Å². The molecule has 4 heteroatoms. The van der Waals surface area contributed by atoms with E-state index in [1.807, 2.05) is 0 Å². The van der Waals surface area contributed by atoms with E-state index in [4.69, 9.17) is 9.79 Å². The van der Waals surface area contributed by atoms with Gasteiger partial charge in [0, 0.05) is 6.16 Å². The number of hydrogen-bond donors (Lipinski definition) is 2. The average Bonchev–Trinajstić information content (AvgIpc) is 1.35. The fraction of sp³-hybridized carbons (Fsp3) is 1.00. The number of rotatable bonds is 1. The van der Waals surface area contributed by atoms with Crippen LogP contribution in [0.25, 0.3) is 0 Å².